The van der Waals surface area contributed by atoms with Gasteiger partial charge in [0.25, 0.3) is 0 Å². The predicted octanol–water partition coefficient (Wildman–Crippen LogP) is 2.86. The van der Waals surface area contributed by atoms with Crippen LogP contribution in [0, 0.1) is 0 Å². The number of hydrogen-bond donors (Lipinski definition) is 0. The molecule has 0 aliphatic heterocycles. The average Bonchev–Trinajstić information content (AvgIpc) is 2.38. The Hall–Kier alpha value is -1.89. The second-order valence-corrected chi connectivity index (χ2v) is 3.81. The molecule has 0 atom stereocenters. The smallest absolute Gasteiger partial charge is 0.169 e. The Kier molecular flexibility index (Phi) is 3.50. The standard InChI is InChI=1S/C15H16N/c1-2-14-8-11-16(12-9-14)13-10-15-6-4-3-5-7-15/h2-9,11-12H,1,10,13H2/q+1. The lowest BCUT2D eigenvalue weighted by Crippen LogP contribution is -2.33. The molecule has 0 aliphatic rings. The maximum atomic E-state index is 3.74. The summed E-state index contributed by atoms with van der Waals surface area (Å²) in [6.45, 7) is 4.76. The number of rotatable bonds is 4. The van der Waals surface area contributed by atoms with Crippen molar-refractivity contribution in [1.29, 1.82) is 0 Å². The fraction of sp³-hybridized carbons (Fsp3) is 0.133. The topological polar surface area (TPSA) is 3.88 Å². The van der Waals surface area contributed by atoms with Gasteiger partial charge in [-0.25, -0.2) is 4.57 Å². The molecule has 0 amide bonds. The van der Waals surface area contributed by atoms with Crippen LogP contribution in [0.3, 0.4) is 0 Å². The first kappa shape index (κ1) is 10.6. The second kappa shape index (κ2) is 5.26. The van der Waals surface area contributed by atoms with E-state index in [1.807, 2.05) is 6.08 Å². The third-order valence-electron chi connectivity index (χ3n) is 2.65. The normalized spacial score (nSPS) is 10.0. The van der Waals surface area contributed by atoms with E-state index in [2.05, 4.69) is 66.0 Å². The third-order valence-corrected chi connectivity index (χ3v) is 2.65. The molecule has 0 spiro atoms. The van der Waals surface area contributed by atoms with Crippen molar-refractivity contribution in [2.45, 2.75) is 13.0 Å². The molecule has 0 radical (unpaired) electrons. The first-order valence-corrected chi connectivity index (χ1v) is 5.54. The van der Waals surface area contributed by atoms with E-state index >= 15 is 0 Å². The van der Waals surface area contributed by atoms with E-state index in [0.29, 0.717) is 0 Å². The summed E-state index contributed by atoms with van der Waals surface area (Å²) in [5, 5.41) is 0. The average molecular weight is 210 g/mol. The quantitative estimate of drug-likeness (QED) is 0.683. The summed E-state index contributed by atoms with van der Waals surface area (Å²) in [4.78, 5) is 0. The van der Waals surface area contributed by atoms with Crippen LogP contribution in [0.5, 0.6) is 0 Å². The monoisotopic (exact) mass is 210 g/mol. The molecule has 1 aromatic carbocycles. The highest BCUT2D eigenvalue weighted by molar-refractivity contribution is 5.44. The van der Waals surface area contributed by atoms with Gasteiger partial charge >= 0.3 is 0 Å². The van der Waals surface area contributed by atoms with Crippen LogP contribution in [0.25, 0.3) is 6.08 Å². The summed E-state index contributed by atoms with van der Waals surface area (Å²) in [6.07, 6.45) is 7.13. The van der Waals surface area contributed by atoms with Crippen LogP contribution in [0.15, 0.2) is 61.4 Å². The van der Waals surface area contributed by atoms with Gasteiger partial charge in [0.15, 0.2) is 18.9 Å². The Morgan fingerprint density at radius 1 is 1.00 bits per heavy atom. The van der Waals surface area contributed by atoms with Crippen LogP contribution >= 0.6 is 0 Å². The number of benzene rings is 1. The first-order valence-electron chi connectivity index (χ1n) is 5.54. The molecule has 0 aliphatic carbocycles. The molecule has 0 fully saturated rings. The van der Waals surface area contributed by atoms with Crippen molar-refractivity contribution in [2.24, 2.45) is 0 Å². The molecule has 1 heterocycles. The molecule has 0 N–H and O–H groups in total. The van der Waals surface area contributed by atoms with Crippen LogP contribution in [-0.4, -0.2) is 0 Å². The van der Waals surface area contributed by atoms with Crippen molar-refractivity contribution < 1.29 is 4.57 Å². The maximum Gasteiger partial charge on any atom is 0.169 e. The van der Waals surface area contributed by atoms with Gasteiger partial charge < -0.3 is 0 Å². The fourth-order valence-electron chi connectivity index (χ4n) is 1.66. The van der Waals surface area contributed by atoms with Gasteiger partial charge in [-0.15, -0.1) is 0 Å². The Morgan fingerprint density at radius 2 is 1.69 bits per heavy atom. The fourth-order valence-corrected chi connectivity index (χ4v) is 1.66. The Bertz CT molecular complexity index is 443. The van der Waals surface area contributed by atoms with E-state index in [4.69, 9.17) is 0 Å². The molecule has 0 bridgehead atoms. The number of aromatic nitrogens is 1. The van der Waals surface area contributed by atoms with Crippen molar-refractivity contribution in [2.75, 3.05) is 0 Å². The van der Waals surface area contributed by atoms with Gasteiger partial charge in [-0.3, -0.25) is 0 Å². The molecule has 16 heavy (non-hydrogen) atoms. The summed E-state index contributed by atoms with van der Waals surface area (Å²) < 4.78 is 2.19. The van der Waals surface area contributed by atoms with Crippen molar-refractivity contribution in [1.82, 2.24) is 0 Å². The van der Waals surface area contributed by atoms with Crippen molar-refractivity contribution in [3.05, 3.63) is 72.6 Å². The van der Waals surface area contributed by atoms with Gasteiger partial charge in [0.2, 0.25) is 0 Å². The molecule has 0 unspecified atom stereocenters. The highest BCUT2D eigenvalue weighted by atomic mass is 14.9. The molecule has 2 aromatic rings. The number of aryl methyl sites for hydroxylation is 2. The Morgan fingerprint density at radius 3 is 2.31 bits per heavy atom. The van der Waals surface area contributed by atoms with Gasteiger partial charge in [-0.1, -0.05) is 43.0 Å². The lowest BCUT2D eigenvalue weighted by Gasteiger charge is -1.98. The summed E-state index contributed by atoms with van der Waals surface area (Å²) in [7, 11) is 0. The lowest BCUT2D eigenvalue weighted by molar-refractivity contribution is -0.696. The van der Waals surface area contributed by atoms with E-state index in [1.54, 1.807) is 0 Å². The molecule has 80 valence electrons. The minimum Gasteiger partial charge on any atom is -0.205 e. The van der Waals surface area contributed by atoms with Gasteiger partial charge in [0, 0.05) is 18.6 Å². The summed E-state index contributed by atoms with van der Waals surface area (Å²) in [5.74, 6) is 0. The second-order valence-electron chi connectivity index (χ2n) is 3.81. The van der Waals surface area contributed by atoms with E-state index in [0.717, 1.165) is 18.5 Å². The summed E-state index contributed by atoms with van der Waals surface area (Å²) in [6, 6.07) is 14.7. The molecule has 2 rings (SSSR count). The Balaban J connectivity index is 1.97. The van der Waals surface area contributed by atoms with E-state index in [9.17, 15) is 0 Å². The van der Waals surface area contributed by atoms with E-state index in [-0.39, 0.29) is 0 Å². The highest BCUT2D eigenvalue weighted by Crippen LogP contribution is 2.00. The molecule has 1 aromatic heterocycles. The summed E-state index contributed by atoms with van der Waals surface area (Å²) in [5.41, 5.74) is 2.54. The van der Waals surface area contributed by atoms with Crippen molar-refractivity contribution in [3.8, 4) is 0 Å². The minimum absolute atomic E-state index is 1.02. The van der Waals surface area contributed by atoms with Gasteiger partial charge in [-0.2, -0.15) is 0 Å². The van der Waals surface area contributed by atoms with Crippen LogP contribution in [-0.2, 0) is 13.0 Å². The molecule has 0 saturated carbocycles. The van der Waals surface area contributed by atoms with Crippen molar-refractivity contribution in [3.63, 3.8) is 0 Å². The highest BCUT2D eigenvalue weighted by Gasteiger charge is 2.00. The zero-order valence-electron chi connectivity index (χ0n) is 9.34. The van der Waals surface area contributed by atoms with Crippen LogP contribution in [0.1, 0.15) is 11.1 Å². The Labute approximate surface area is 96.7 Å². The molecular weight excluding hydrogens is 194 g/mol. The maximum absolute atomic E-state index is 3.74. The van der Waals surface area contributed by atoms with Crippen LogP contribution in [0.2, 0.25) is 0 Å². The first-order chi connectivity index (χ1) is 7.88. The van der Waals surface area contributed by atoms with Crippen LogP contribution in [0.4, 0.5) is 0 Å². The molecule has 1 nitrogen and oxygen atoms in total. The minimum atomic E-state index is 1.02. The number of nitrogens with zero attached hydrogens (tertiary/aromatic N) is 1. The lowest BCUT2D eigenvalue weighted by atomic mass is 10.1. The zero-order valence-corrected chi connectivity index (χ0v) is 9.34. The van der Waals surface area contributed by atoms with E-state index in [1.165, 1.54) is 5.56 Å². The molecular formula is C15H16N+. The number of hydrogen-bond acceptors (Lipinski definition) is 0. The van der Waals surface area contributed by atoms with Gasteiger partial charge in [0.05, 0.1) is 0 Å². The van der Waals surface area contributed by atoms with Gasteiger partial charge in [-0.05, 0) is 11.1 Å². The third kappa shape index (κ3) is 2.80. The SMILES string of the molecule is C=Cc1cc[n+](CCc2ccccc2)cc1. The summed E-state index contributed by atoms with van der Waals surface area (Å²) >= 11 is 0. The number of pyridine rings is 1. The molecule has 1 heteroatoms. The van der Waals surface area contributed by atoms with Crippen molar-refractivity contribution >= 4 is 6.08 Å². The predicted molar refractivity (Wildman–Crippen MR) is 66.9 cm³/mol. The molecule has 0 saturated heterocycles. The van der Waals surface area contributed by atoms with E-state index < -0.39 is 0 Å². The van der Waals surface area contributed by atoms with Crippen LogP contribution < -0.4 is 4.57 Å². The largest absolute Gasteiger partial charge is 0.205 e. The van der Waals surface area contributed by atoms with Gasteiger partial charge in [0.1, 0.15) is 0 Å². The zero-order chi connectivity index (χ0) is 11.2.